The molecule has 0 atom stereocenters. The maximum absolute atomic E-state index is 3.57. The molecule has 0 aliphatic carbocycles. The molecule has 0 amide bonds. The van der Waals surface area contributed by atoms with E-state index >= 15 is 0 Å². The van der Waals surface area contributed by atoms with Crippen molar-refractivity contribution in [2.24, 2.45) is 0 Å². The molecule has 0 saturated heterocycles. The molecule has 1 aliphatic heterocycles. The van der Waals surface area contributed by atoms with Crippen LogP contribution in [0.25, 0.3) is 0 Å². The van der Waals surface area contributed by atoms with E-state index in [0.717, 1.165) is 4.47 Å². The Balaban J connectivity index is 2.15. The van der Waals surface area contributed by atoms with Gasteiger partial charge in [-0.1, -0.05) is 30.0 Å². The van der Waals surface area contributed by atoms with Crippen LogP contribution in [0.3, 0.4) is 0 Å². The highest BCUT2D eigenvalue weighted by Crippen LogP contribution is 2.46. The van der Waals surface area contributed by atoms with E-state index in [4.69, 9.17) is 0 Å². The van der Waals surface area contributed by atoms with E-state index in [-0.39, 0.29) is 0 Å². The molecule has 0 spiro atoms. The average molecular weight is 278 g/mol. The summed E-state index contributed by atoms with van der Waals surface area (Å²) >= 11 is 5.37. The van der Waals surface area contributed by atoms with Gasteiger partial charge in [-0.3, -0.25) is 0 Å². The highest BCUT2D eigenvalue weighted by Gasteiger charge is 2.16. The highest BCUT2D eigenvalue weighted by molar-refractivity contribution is 9.10. The molecule has 0 bridgehead atoms. The molecule has 0 aromatic heterocycles. The van der Waals surface area contributed by atoms with E-state index in [1.165, 1.54) is 21.2 Å². The Morgan fingerprint density at radius 2 is 1.73 bits per heavy atom. The Bertz CT molecular complexity index is 525. The molecule has 0 radical (unpaired) electrons. The number of para-hydroxylation sites is 1. The number of anilines is 2. The van der Waals surface area contributed by atoms with Crippen LogP contribution in [-0.4, -0.2) is 0 Å². The molecule has 0 fully saturated rings. The summed E-state index contributed by atoms with van der Waals surface area (Å²) in [5.74, 6) is 0. The van der Waals surface area contributed by atoms with Crippen LogP contribution in [-0.2, 0) is 0 Å². The number of benzene rings is 2. The molecule has 3 rings (SSSR count). The van der Waals surface area contributed by atoms with Crippen molar-refractivity contribution in [3.05, 3.63) is 46.9 Å². The molecule has 2 aromatic rings. The second-order valence-corrected chi connectivity index (χ2v) is 5.25. The Kier molecular flexibility index (Phi) is 2.22. The van der Waals surface area contributed by atoms with Crippen LogP contribution in [0.4, 0.5) is 11.4 Å². The van der Waals surface area contributed by atoms with Gasteiger partial charge in [-0.15, -0.1) is 0 Å². The smallest absolute Gasteiger partial charge is 0.0537 e. The van der Waals surface area contributed by atoms with Gasteiger partial charge in [0.05, 0.1) is 11.4 Å². The van der Waals surface area contributed by atoms with Gasteiger partial charge in [0.2, 0.25) is 0 Å². The minimum atomic E-state index is 1.15. The van der Waals surface area contributed by atoms with Gasteiger partial charge >= 0.3 is 0 Å². The summed E-state index contributed by atoms with van der Waals surface area (Å²) in [6, 6.07) is 14.6. The molecule has 2 aromatic carbocycles. The zero-order valence-corrected chi connectivity index (χ0v) is 10.2. The van der Waals surface area contributed by atoms with Crippen molar-refractivity contribution in [1.29, 1.82) is 0 Å². The molecule has 74 valence electrons. The van der Waals surface area contributed by atoms with Gasteiger partial charge in [0.1, 0.15) is 0 Å². The fourth-order valence-electron chi connectivity index (χ4n) is 1.62. The molecule has 15 heavy (non-hydrogen) atoms. The minimum Gasteiger partial charge on any atom is -0.354 e. The van der Waals surface area contributed by atoms with Crippen LogP contribution in [0.15, 0.2) is 56.7 Å². The number of hydrogen-bond acceptors (Lipinski definition) is 2. The first-order valence-electron chi connectivity index (χ1n) is 4.67. The summed E-state index contributed by atoms with van der Waals surface area (Å²) < 4.78 is 1.15. The van der Waals surface area contributed by atoms with Gasteiger partial charge in [0.25, 0.3) is 0 Å². The summed E-state index contributed by atoms with van der Waals surface area (Å²) in [4.78, 5) is 2.54. The molecule has 3 heteroatoms. The Labute approximate surface area is 101 Å². The van der Waals surface area contributed by atoms with Crippen LogP contribution in [0, 0.1) is 0 Å². The van der Waals surface area contributed by atoms with Crippen LogP contribution < -0.4 is 5.32 Å². The normalized spacial score (nSPS) is 12.6. The largest absolute Gasteiger partial charge is 0.354 e. The van der Waals surface area contributed by atoms with Crippen LogP contribution in [0.5, 0.6) is 0 Å². The fraction of sp³-hybridized carbons (Fsp3) is 0. The van der Waals surface area contributed by atoms with Gasteiger partial charge in [-0.2, -0.15) is 0 Å². The summed E-state index contributed by atoms with van der Waals surface area (Å²) in [7, 11) is 0. The quantitative estimate of drug-likeness (QED) is 0.642. The first-order valence-corrected chi connectivity index (χ1v) is 6.28. The Morgan fingerprint density at radius 1 is 0.933 bits per heavy atom. The Morgan fingerprint density at radius 3 is 2.67 bits per heavy atom. The molecular weight excluding hydrogens is 270 g/mol. The topological polar surface area (TPSA) is 12.0 Å². The summed E-state index contributed by atoms with van der Waals surface area (Å²) in [6.07, 6.45) is 0. The third-order valence-electron chi connectivity index (χ3n) is 2.34. The lowest BCUT2D eigenvalue weighted by Crippen LogP contribution is -1.99. The minimum absolute atomic E-state index is 1.15. The van der Waals surface area contributed by atoms with Crippen molar-refractivity contribution in [3.8, 4) is 0 Å². The molecule has 1 aliphatic rings. The van der Waals surface area contributed by atoms with E-state index in [9.17, 15) is 0 Å². The lowest BCUT2D eigenvalue weighted by molar-refractivity contribution is 1.29. The van der Waals surface area contributed by atoms with E-state index < -0.39 is 0 Å². The third kappa shape index (κ3) is 1.56. The number of hydrogen-bond donors (Lipinski definition) is 1. The van der Waals surface area contributed by atoms with Crippen molar-refractivity contribution in [1.82, 2.24) is 0 Å². The van der Waals surface area contributed by atoms with Gasteiger partial charge in [-0.25, -0.2) is 0 Å². The SMILES string of the molecule is Brc1cccc2c1Sc1ccccc1N2. The molecule has 0 saturated carbocycles. The Hall–Kier alpha value is -0.930. The zero-order chi connectivity index (χ0) is 10.3. The number of fused-ring (bicyclic) bond motifs is 2. The van der Waals surface area contributed by atoms with Gasteiger partial charge in [0, 0.05) is 14.3 Å². The van der Waals surface area contributed by atoms with Crippen molar-refractivity contribution < 1.29 is 0 Å². The first kappa shape index (κ1) is 9.31. The summed E-state index contributed by atoms with van der Waals surface area (Å²) in [5.41, 5.74) is 2.36. The second kappa shape index (κ2) is 3.58. The van der Waals surface area contributed by atoms with Crippen molar-refractivity contribution in [2.45, 2.75) is 9.79 Å². The first-order chi connectivity index (χ1) is 7.34. The van der Waals surface area contributed by atoms with E-state index in [0.29, 0.717) is 0 Å². The summed E-state index contributed by atoms with van der Waals surface area (Å²) in [6.45, 7) is 0. The van der Waals surface area contributed by atoms with Crippen molar-refractivity contribution in [2.75, 3.05) is 5.32 Å². The molecule has 1 nitrogen and oxygen atoms in total. The lowest BCUT2D eigenvalue weighted by Gasteiger charge is -2.21. The molecular formula is C12H8BrNS. The van der Waals surface area contributed by atoms with Crippen LogP contribution in [0.1, 0.15) is 0 Å². The highest BCUT2D eigenvalue weighted by atomic mass is 79.9. The fourth-order valence-corrected chi connectivity index (χ4v) is 3.22. The maximum atomic E-state index is 3.57. The molecule has 1 heterocycles. The van der Waals surface area contributed by atoms with Crippen LogP contribution in [0.2, 0.25) is 0 Å². The van der Waals surface area contributed by atoms with Crippen molar-refractivity contribution >= 4 is 39.1 Å². The number of halogens is 1. The monoisotopic (exact) mass is 277 g/mol. The second-order valence-electron chi connectivity index (χ2n) is 3.34. The van der Waals surface area contributed by atoms with E-state index in [1.54, 1.807) is 11.8 Å². The molecule has 1 N–H and O–H groups in total. The predicted molar refractivity (Wildman–Crippen MR) is 68.0 cm³/mol. The van der Waals surface area contributed by atoms with Crippen molar-refractivity contribution in [3.63, 3.8) is 0 Å². The predicted octanol–water partition coefficient (Wildman–Crippen LogP) is 4.66. The lowest BCUT2D eigenvalue weighted by atomic mass is 10.2. The average Bonchev–Trinajstić information content (AvgIpc) is 2.27. The zero-order valence-electron chi connectivity index (χ0n) is 7.83. The maximum Gasteiger partial charge on any atom is 0.0537 e. The van der Waals surface area contributed by atoms with Gasteiger partial charge < -0.3 is 5.32 Å². The van der Waals surface area contributed by atoms with Crippen LogP contribution >= 0.6 is 27.7 Å². The van der Waals surface area contributed by atoms with Gasteiger partial charge in [-0.05, 0) is 40.2 Å². The molecule has 0 unspecified atom stereocenters. The standard InChI is InChI=1S/C12H8BrNS/c13-8-4-3-6-10-12(8)15-11-7-2-1-5-9(11)14-10/h1-7,14H. The van der Waals surface area contributed by atoms with E-state index in [1.807, 2.05) is 6.07 Å². The summed E-state index contributed by atoms with van der Waals surface area (Å²) in [5, 5.41) is 3.43. The van der Waals surface area contributed by atoms with E-state index in [2.05, 4.69) is 57.6 Å². The third-order valence-corrected chi connectivity index (χ3v) is 4.48. The van der Waals surface area contributed by atoms with Gasteiger partial charge in [0.15, 0.2) is 0 Å². The number of rotatable bonds is 0. The number of nitrogens with one attached hydrogen (secondary N) is 1.